The molecule has 10 heteroatoms. The first-order valence-corrected chi connectivity index (χ1v) is 12.0. The number of hydrogen-bond donors (Lipinski definition) is 2. The molecule has 0 unspecified atom stereocenters. The van der Waals surface area contributed by atoms with E-state index >= 15 is 0 Å². The number of carboxylic acids is 1. The molecule has 184 valence electrons. The summed E-state index contributed by atoms with van der Waals surface area (Å²) in [6, 6.07) is 9.91. The topological polar surface area (TPSA) is 105 Å². The van der Waals surface area contributed by atoms with Gasteiger partial charge in [-0.25, -0.2) is 4.79 Å². The Kier molecular flexibility index (Phi) is 7.00. The minimum atomic E-state index is -0.968. The van der Waals surface area contributed by atoms with Crippen molar-refractivity contribution in [3.63, 3.8) is 0 Å². The Morgan fingerprint density at radius 2 is 2.00 bits per heavy atom. The highest BCUT2D eigenvalue weighted by molar-refractivity contribution is 7.80. The van der Waals surface area contributed by atoms with Crippen LogP contribution < -0.4 is 5.32 Å². The van der Waals surface area contributed by atoms with Gasteiger partial charge in [0.15, 0.2) is 17.0 Å². The van der Waals surface area contributed by atoms with E-state index in [1.807, 2.05) is 32.0 Å². The summed E-state index contributed by atoms with van der Waals surface area (Å²) in [4.78, 5) is 37.4. The third kappa shape index (κ3) is 5.26. The molecule has 1 fully saturated rings. The molecule has 35 heavy (non-hydrogen) atoms. The number of likely N-dealkylation sites (tertiary alicyclic amines) is 1. The van der Waals surface area contributed by atoms with Gasteiger partial charge in [0.1, 0.15) is 11.8 Å². The van der Waals surface area contributed by atoms with Crippen LogP contribution in [-0.4, -0.2) is 57.0 Å². The summed E-state index contributed by atoms with van der Waals surface area (Å²) in [6.45, 7) is 4.63. The van der Waals surface area contributed by atoms with E-state index in [-0.39, 0.29) is 12.3 Å². The fourth-order valence-electron chi connectivity index (χ4n) is 4.37. The molecule has 0 bridgehead atoms. The number of fused-ring (bicyclic) bond motifs is 1. The van der Waals surface area contributed by atoms with E-state index in [0.717, 1.165) is 5.56 Å². The summed E-state index contributed by atoms with van der Waals surface area (Å²) in [5.74, 6) is -0.541. The molecular formula is C25H26ClN3O5S. The molecule has 2 aromatic heterocycles. The molecule has 8 nitrogen and oxygen atoms in total. The molecule has 4 rings (SSSR count). The van der Waals surface area contributed by atoms with Gasteiger partial charge < -0.3 is 19.7 Å². The summed E-state index contributed by atoms with van der Waals surface area (Å²) in [6.07, 6.45) is 2.04. The number of carboxylic acid groups (broad SMARTS) is 1. The molecule has 0 radical (unpaired) electrons. The zero-order valence-electron chi connectivity index (χ0n) is 19.4. The highest BCUT2D eigenvalue weighted by Gasteiger charge is 2.36. The number of furan rings is 1. The van der Waals surface area contributed by atoms with Crippen molar-refractivity contribution in [2.75, 3.05) is 13.1 Å². The number of carbonyl (C=O) groups excluding carboxylic acids is 2. The van der Waals surface area contributed by atoms with Crippen molar-refractivity contribution in [2.45, 2.75) is 39.2 Å². The monoisotopic (exact) mass is 515 g/mol. The van der Waals surface area contributed by atoms with Gasteiger partial charge in [0.05, 0.1) is 11.2 Å². The van der Waals surface area contributed by atoms with Gasteiger partial charge in [-0.2, -0.15) is 0 Å². The van der Waals surface area contributed by atoms with Crippen LogP contribution in [0.4, 0.5) is 0 Å². The van der Waals surface area contributed by atoms with Gasteiger partial charge in [-0.15, -0.1) is 0 Å². The number of nitrogens with zero attached hydrogens (tertiary/aromatic N) is 2. The van der Waals surface area contributed by atoms with Crippen molar-refractivity contribution in [1.82, 2.24) is 14.8 Å². The summed E-state index contributed by atoms with van der Waals surface area (Å²) >= 11 is 11.6. The number of aromatic nitrogens is 1. The van der Waals surface area contributed by atoms with Crippen LogP contribution in [0.2, 0.25) is 5.02 Å². The van der Waals surface area contributed by atoms with Crippen molar-refractivity contribution in [2.24, 2.45) is 5.41 Å². The van der Waals surface area contributed by atoms with E-state index in [4.69, 9.17) is 28.2 Å². The second-order valence-electron chi connectivity index (χ2n) is 9.47. The molecule has 0 spiro atoms. The maximum atomic E-state index is 12.8. The third-order valence-corrected chi connectivity index (χ3v) is 6.76. The average Bonchev–Trinajstić information content (AvgIpc) is 3.52. The van der Waals surface area contributed by atoms with Gasteiger partial charge in [-0.05, 0) is 54.7 Å². The number of aldehydes is 1. The van der Waals surface area contributed by atoms with Crippen molar-refractivity contribution in [3.05, 3.63) is 47.1 Å². The van der Waals surface area contributed by atoms with E-state index in [1.165, 1.54) is 4.90 Å². The summed E-state index contributed by atoms with van der Waals surface area (Å²) < 4.78 is 7.55. The molecule has 1 aromatic carbocycles. The second-order valence-corrected chi connectivity index (χ2v) is 10.3. The zero-order chi connectivity index (χ0) is 25.3. The molecule has 0 saturated carbocycles. The Labute approximate surface area is 212 Å². The van der Waals surface area contributed by atoms with Gasteiger partial charge >= 0.3 is 5.97 Å². The number of hydrogen-bond acceptors (Lipinski definition) is 5. The van der Waals surface area contributed by atoms with Crippen molar-refractivity contribution >= 4 is 58.2 Å². The Morgan fingerprint density at radius 3 is 2.66 bits per heavy atom. The molecule has 1 saturated heterocycles. The number of carbonyl (C=O) groups is 3. The lowest BCUT2D eigenvalue weighted by Gasteiger charge is -2.29. The van der Waals surface area contributed by atoms with E-state index in [1.54, 1.807) is 22.8 Å². The van der Waals surface area contributed by atoms with E-state index in [9.17, 15) is 19.5 Å². The number of nitrogens with one attached hydrogen (secondary N) is 1. The van der Waals surface area contributed by atoms with Crippen LogP contribution in [0.3, 0.4) is 0 Å². The first-order chi connectivity index (χ1) is 16.6. The summed E-state index contributed by atoms with van der Waals surface area (Å²) in [5.41, 5.74) is 1.83. The zero-order valence-corrected chi connectivity index (χ0v) is 21.0. The molecule has 0 aliphatic carbocycles. The number of benzene rings is 1. The normalized spacial score (nSPS) is 16.0. The van der Waals surface area contributed by atoms with Gasteiger partial charge in [-0.3, -0.25) is 14.2 Å². The van der Waals surface area contributed by atoms with Gasteiger partial charge in [0, 0.05) is 42.2 Å². The van der Waals surface area contributed by atoms with Gasteiger partial charge in [0.25, 0.3) is 0 Å². The van der Waals surface area contributed by atoms with Crippen LogP contribution in [0.1, 0.15) is 43.6 Å². The largest absolute Gasteiger partial charge is 0.480 e. The molecule has 3 heterocycles. The molecule has 3 aromatic rings. The Morgan fingerprint density at radius 1 is 1.29 bits per heavy atom. The Bertz CT molecular complexity index is 1290. The molecular weight excluding hydrogens is 490 g/mol. The fraction of sp³-hybridized carbons (Fsp3) is 0.360. The number of thiocarbonyl (C=S) groups is 1. The van der Waals surface area contributed by atoms with Gasteiger partial charge in [-0.1, -0.05) is 25.4 Å². The lowest BCUT2D eigenvalue weighted by atomic mass is 9.88. The molecule has 1 atom stereocenters. The smallest absolute Gasteiger partial charge is 0.326 e. The maximum Gasteiger partial charge on any atom is 0.326 e. The van der Waals surface area contributed by atoms with Gasteiger partial charge in [0.2, 0.25) is 5.91 Å². The van der Waals surface area contributed by atoms with Crippen LogP contribution >= 0.6 is 23.8 Å². The van der Waals surface area contributed by atoms with Crippen LogP contribution in [0.25, 0.3) is 22.4 Å². The predicted molar refractivity (Wildman–Crippen MR) is 137 cm³/mol. The quantitative estimate of drug-likeness (QED) is 0.350. The first-order valence-electron chi connectivity index (χ1n) is 11.3. The number of aliphatic carboxylic acids is 1. The minimum absolute atomic E-state index is 0.167. The molecule has 1 amide bonds. The Balaban J connectivity index is 1.48. The van der Waals surface area contributed by atoms with Crippen LogP contribution in [-0.2, 0) is 9.59 Å². The SMILES string of the molecule is CC(C)(CNC(=S)n1c(C=O)cc2oc(-c3ccc(Cl)cc3)cc21)CC(=O)N1CCC[C@H]1C(=O)O. The third-order valence-electron chi connectivity index (χ3n) is 6.18. The molecule has 2 N–H and O–H groups in total. The van der Waals surface area contributed by atoms with Crippen molar-refractivity contribution in [3.8, 4) is 11.3 Å². The standard InChI is InChI=1S/C25H26ClN3O5S/c1-25(2,12-22(31)28-9-3-4-18(28)23(32)33)14-27-24(35)29-17(13-30)10-21-19(29)11-20(34-21)15-5-7-16(26)8-6-15/h5-8,10-11,13,18H,3-4,9,12,14H2,1-2H3,(H,27,35)(H,32,33)/t18-/m0/s1. The highest BCUT2D eigenvalue weighted by atomic mass is 35.5. The fourth-order valence-corrected chi connectivity index (χ4v) is 4.77. The maximum absolute atomic E-state index is 12.8. The van der Waals surface area contributed by atoms with Crippen molar-refractivity contribution < 1.29 is 23.9 Å². The lowest BCUT2D eigenvalue weighted by molar-refractivity contribution is -0.149. The van der Waals surface area contributed by atoms with E-state index < -0.39 is 17.4 Å². The Hall–Kier alpha value is -3.17. The molecule has 1 aliphatic rings. The van der Waals surface area contributed by atoms with Crippen LogP contribution in [0.15, 0.2) is 40.8 Å². The first kappa shape index (κ1) is 24.9. The number of amides is 1. The highest BCUT2D eigenvalue weighted by Crippen LogP contribution is 2.31. The van der Waals surface area contributed by atoms with Crippen LogP contribution in [0.5, 0.6) is 0 Å². The van der Waals surface area contributed by atoms with E-state index in [0.29, 0.717) is 64.9 Å². The van der Waals surface area contributed by atoms with Crippen molar-refractivity contribution in [1.29, 1.82) is 0 Å². The average molecular weight is 516 g/mol. The van der Waals surface area contributed by atoms with Crippen LogP contribution in [0, 0.1) is 5.41 Å². The van der Waals surface area contributed by atoms with E-state index in [2.05, 4.69) is 5.32 Å². The predicted octanol–water partition coefficient (Wildman–Crippen LogP) is 4.58. The summed E-state index contributed by atoms with van der Waals surface area (Å²) in [7, 11) is 0. The second kappa shape index (κ2) is 9.83. The minimum Gasteiger partial charge on any atom is -0.480 e. The number of rotatable bonds is 7. The molecule has 1 aliphatic heterocycles. The summed E-state index contributed by atoms with van der Waals surface area (Å²) in [5, 5.41) is 13.5. The lowest BCUT2D eigenvalue weighted by Crippen LogP contribution is -2.44. The number of halogens is 1.